The first-order valence-corrected chi connectivity index (χ1v) is 11.5. The van der Waals surface area contributed by atoms with E-state index in [2.05, 4.69) is 31.7 Å². The third-order valence-corrected chi connectivity index (χ3v) is 6.21. The average Bonchev–Trinajstić information content (AvgIpc) is 3.29. The van der Waals surface area contributed by atoms with Crippen molar-refractivity contribution in [3.05, 3.63) is 71.3 Å². The summed E-state index contributed by atoms with van der Waals surface area (Å²) in [5, 5.41) is 2.96. The van der Waals surface area contributed by atoms with Crippen LogP contribution in [0.3, 0.4) is 0 Å². The monoisotopic (exact) mass is 448 g/mol. The molecule has 174 valence electrons. The highest BCUT2D eigenvalue weighted by Crippen LogP contribution is 2.26. The van der Waals surface area contributed by atoms with Gasteiger partial charge in [0.1, 0.15) is 17.4 Å². The molecule has 3 aromatic rings. The van der Waals surface area contributed by atoms with E-state index in [1.54, 1.807) is 13.3 Å². The number of ether oxygens (including phenoxy) is 1. The maximum atomic E-state index is 12.7. The fourth-order valence-corrected chi connectivity index (χ4v) is 4.35. The van der Waals surface area contributed by atoms with Crippen molar-refractivity contribution in [2.24, 2.45) is 0 Å². The minimum atomic E-state index is -0.168. The largest absolute Gasteiger partial charge is 0.497 e. The predicted molar refractivity (Wildman–Crippen MR) is 126 cm³/mol. The van der Waals surface area contributed by atoms with Crippen molar-refractivity contribution in [2.75, 3.05) is 20.2 Å². The predicted octanol–water partition coefficient (Wildman–Crippen LogP) is 3.32. The summed E-state index contributed by atoms with van der Waals surface area (Å²) in [7, 11) is 1.63. The van der Waals surface area contributed by atoms with Gasteiger partial charge in [-0.1, -0.05) is 12.1 Å². The SMILES string of the molecule is CCn1ccnc1CN1CCCC(c2ncc(C(=O)NCc3cccc(OC)c3)c(C)n2)C1. The standard InChI is InChI=1S/C25H32N6O2/c1-4-31-12-10-26-23(31)17-30-11-6-8-20(16-30)24-27-15-22(18(2)29-24)25(32)28-14-19-7-5-9-21(13-19)33-3/h5,7,9-10,12-13,15,20H,4,6,8,11,14,16-17H2,1-3H3,(H,28,32). The van der Waals surface area contributed by atoms with E-state index in [1.807, 2.05) is 43.6 Å². The summed E-state index contributed by atoms with van der Waals surface area (Å²) in [6.07, 6.45) is 7.72. The molecule has 0 spiro atoms. The Morgan fingerprint density at radius 3 is 2.97 bits per heavy atom. The first-order valence-electron chi connectivity index (χ1n) is 11.5. The number of hydrogen-bond acceptors (Lipinski definition) is 6. The molecule has 3 heterocycles. The van der Waals surface area contributed by atoms with Crippen LogP contribution in [0.2, 0.25) is 0 Å². The highest BCUT2D eigenvalue weighted by molar-refractivity contribution is 5.94. The normalized spacial score (nSPS) is 16.5. The lowest BCUT2D eigenvalue weighted by atomic mass is 9.97. The zero-order chi connectivity index (χ0) is 23.2. The lowest BCUT2D eigenvalue weighted by molar-refractivity contribution is 0.0949. The highest BCUT2D eigenvalue weighted by Gasteiger charge is 2.25. The molecule has 4 rings (SSSR count). The van der Waals surface area contributed by atoms with Crippen molar-refractivity contribution in [3.8, 4) is 5.75 Å². The zero-order valence-electron chi connectivity index (χ0n) is 19.6. The number of nitrogens with one attached hydrogen (secondary N) is 1. The minimum absolute atomic E-state index is 0.168. The molecule has 1 aromatic carbocycles. The van der Waals surface area contributed by atoms with Crippen LogP contribution in [0, 0.1) is 6.92 Å². The number of aromatic nitrogens is 4. The summed E-state index contributed by atoms with van der Waals surface area (Å²) in [5.74, 6) is 2.78. The first kappa shape index (κ1) is 22.9. The second kappa shape index (κ2) is 10.6. The molecule has 1 unspecified atom stereocenters. The van der Waals surface area contributed by atoms with E-state index in [9.17, 15) is 4.79 Å². The van der Waals surface area contributed by atoms with Gasteiger partial charge in [0, 0.05) is 44.1 Å². The maximum Gasteiger partial charge on any atom is 0.254 e. The molecule has 1 aliphatic rings. The third kappa shape index (κ3) is 5.57. The van der Waals surface area contributed by atoms with Crippen LogP contribution in [0.15, 0.2) is 42.9 Å². The van der Waals surface area contributed by atoms with E-state index in [0.717, 1.165) is 62.0 Å². The Morgan fingerprint density at radius 2 is 2.18 bits per heavy atom. The van der Waals surface area contributed by atoms with Crippen molar-refractivity contribution >= 4 is 5.91 Å². The minimum Gasteiger partial charge on any atom is -0.497 e. The van der Waals surface area contributed by atoms with E-state index in [1.165, 1.54) is 0 Å². The van der Waals surface area contributed by atoms with Crippen molar-refractivity contribution in [1.29, 1.82) is 0 Å². The van der Waals surface area contributed by atoms with Gasteiger partial charge in [-0.2, -0.15) is 0 Å². The van der Waals surface area contributed by atoms with E-state index in [-0.39, 0.29) is 11.8 Å². The molecule has 8 nitrogen and oxygen atoms in total. The van der Waals surface area contributed by atoms with Gasteiger partial charge < -0.3 is 14.6 Å². The molecule has 2 aromatic heterocycles. The highest BCUT2D eigenvalue weighted by atomic mass is 16.5. The fourth-order valence-electron chi connectivity index (χ4n) is 4.35. The molecule has 0 bridgehead atoms. The Labute approximate surface area is 195 Å². The number of aryl methyl sites for hydroxylation is 2. The number of piperidine rings is 1. The topological polar surface area (TPSA) is 85.2 Å². The molecule has 1 aliphatic heterocycles. The smallest absolute Gasteiger partial charge is 0.254 e. The van der Waals surface area contributed by atoms with Gasteiger partial charge in [-0.3, -0.25) is 9.69 Å². The average molecular weight is 449 g/mol. The first-order chi connectivity index (χ1) is 16.1. The summed E-state index contributed by atoms with van der Waals surface area (Å²) >= 11 is 0. The van der Waals surface area contributed by atoms with Gasteiger partial charge in [0.15, 0.2) is 0 Å². The molecule has 1 fully saturated rings. The molecule has 0 aliphatic carbocycles. The number of carbonyl (C=O) groups is 1. The van der Waals surface area contributed by atoms with Gasteiger partial charge in [0.2, 0.25) is 0 Å². The second-order valence-electron chi connectivity index (χ2n) is 8.47. The number of nitrogens with zero attached hydrogens (tertiary/aromatic N) is 5. The second-order valence-corrected chi connectivity index (χ2v) is 8.47. The third-order valence-electron chi connectivity index (χ3n) is 6.21. The summed E-state index contributed by atoms with van der Waals surface area (Å²) in [5.41, 5.74) is 2.20. The number of methoxy groups -OCH3 is 1. The summed E-state index contributed by atoms with van der Waals surface area (Å²) in [6.45, 7) is 8.15. The molecule has 1 saturated heterocycles. The van der Waals surface area contributed by atoms with Crippen LogP contribution < -0.4 is 10.1 Å². The lowest BCUT2D eigenvalue weighted by Gasteiger charge is -2.31. The van der Waals surface area contributed by atoms with Gasteiger partial charge in [0.25, 0.3) is 5.91 Å². The number of benzene rings is 1. The van der Waals surface area contributed by atoms with Gasteiger partial charge in [-0.15, -0.1) is 0 Å². The number of amides is 1. The summed E-state index contributed by atoms with van der Waals surface area (Å²) in [6, 6.07) is 7.66. The van der Waals surface area contributed by atoms with E-state index < -0.39 is 0 Å². The fraction of sp³-hybridized carbons (Fsp3) is 0.440. The van der Waals surface area contributed by atoms with E-state index >= 15 is 0 Å². The maximum absolute atomic E-state index is 12.7. The number of imidazole rings is 1. The summed E-state index contributed by atoms with van der Waals surface area (Å²) in [4.78, 5) is 29.0. The number of rotatable bonds is 8. The molecule has 1 atom stereocenters. The molecule has 1 amide bonds. The van der Waals surface area contributed by atoms with Crippen LogP contribution in [0.5, 0.6) is 5.75 Å². The molecule has 0 radical (unpaired) electrons. The molecule has 8 heteroatoms. The van der Waals surface area contributed by atoms with Crippen LogP contribution in [-0.2, 0) is 19.6 Å². The molecule has 0 saturated carbocycles. The van der Waals surface area contributed by atoms with E-state index in [0.29, 0.717) is 17.8 Å². The Balaban J connectivity index is 1.38. The molecular formula is C25H32N6O2. The van der Waals surface area contributed by atoms with Gasteiger partial charge in [0.05, 0.1) is 24.9 Å². The molecular weight excluding hydrogens is 416 g/mol. The Kier molecular flexibility index (Phi) is 7.34. The quantitative estimate of drug-likeness (QED) is 0.569. The number of carbonyl (C=O) groups excluding carboxylic acids is 1. The van der Waals surface area contributed by atoms with Crippen molar-refractivity contribution in [3.63, 3.8) is 0 Å². The van der Waals surface area contributed by atoms with Crippen LogP contribution in [-0.4, -0.2) is 50.5 Å². The molecule has 1 N–H and O–H groups in total. The van der Waals surface area contributed by atoms with Crippen molar-refractivity contribution < 1.29 is 9.53 Å². The molecule has 33 heavy (non-hydrogen) atoms. The van der Waals surface area contributed by atoms with Gasteiger partial charge in [-0.25, -0.2) is 15.0 Å². The van der Waals surface area contributed by atoms with E-state index in [4.69, 9.17) is 9.72 Å². The van der Waals surface area contributed by atoms with Gasteiger partial charge >= 0.3 is 0 Å². The summed E-state index contributed by atoms with van der Waals surface area (Å²) < 4.78 is 7.43. The van der Waals surface area contributed by atoms with Crippen molar-refractivity contribution in [2.45, 2.75) is 52.2 Å². The van der Waals surface area contributed by atoms with Crippen LogP contribution in [0.1, 0.15) is 58.9 Å². The van der Waals surface area contributed by atoms with Crippen LogP contribution in [0.4, 0.5) is 0 Å². The number of hydrogen-bond donors (Lipinski definition) is 1. The van der Waals surface area contributed by atoms with Crippen LogP contribution in [0.25, 0.3) is 0 Å². The number of likely N-dealkylation sites (tertiary alicyclic amines) is 1. The van der Waals surface area contributed by atoms with Crippen molar-refractivity contribution in [1.82, 2.24) is 29.7 Å². The Morgan fingerprint density at radius 1 is 1.30 bits per heavy atom. The Hall–Kier alpha value is -3.26. The van der Waals surface area contributed by atoms with Crippen LogP contribution >= 0.6 is 0 Å². The zero-order valence-corrected chi connectivity index (χ0v) is 19.6. The van der Waals surface area contributed by atoms with Gasteiger partial charge in [-0.05, 0) is 50.9 Å². The lowest BCUT2D eigenvalue weighted by Crippen LogP contribution is -2.35. The Bertz CT molecular complexity index is 1100.